The molecule has 0 bridgehead atoms. The first-order valence-electron chi connectivity index (χ1n) is 8.96. The highest BCUT2D eigenvalue weighted by Gasteiger charge is 2.29. The van der Waals surface area contributed by atoms with Crippen molar-refractivity contribution in [3.63, 3.8) is 0 Å². The Kier molecular flexibility index (Phi) is 5.39. The molecule has 4 rings (SSSR count). The lowest BCUT2D eigenvalue weighted by Crippen LogP contribution is -2.19. The van der Waals surface area contributed by atoms with E-state index in [2.05, 4.69) is 20.6 Å². The van der Waals surface area contributed by atoms with E-state index in [-0.39, 0.29) is 5.69 Å². The van der Waals surface area contributed by atoms with Gasteiger partial charge in [-0.25, -0.2) is 22.0 Å². The molecule has 4 aromatic rings. The summed E-state index contributed by atoms with van der Waals surface area (Å²) in [6.07, 6.45) is 1.54. The number of benzene rings is 2. The highest BCUT2D eigenvalue weighted by molar-refractivity contribution is 7.19. The Morgan fingerprint density at radius 2 is 1.71 bits per heavy atom. The predicted octanol–water partition coefficient (Wildman–Crippen LogP) is 4.75. The molecule has 160 valence electrons. The summed E-state index contributed by atoms with van der Waals surface area (Å²) in [6, 6.07) is 6.07. The van der Waals surface area contributed by atoms with Crippen LogP contribution in [-0.2, 0) is 6.42 Å². The van der Waals surface area contributed by atoms with Crippen LogP contribution in [0.1, 0.15) is 29.5 Å². The third kappa shape index (κ3) is 3.63. The summed E-state index contributed by atoms with van der Waals surface area (Å²) in [5, 5.41) is 15.2. The highest BCUT2D eigenvalue weighted by atomic mass is 32.1. The number of aromatic nitrogens is 4. The minimum atomic E-state index is -2.33. The Hall–Kier alpha value is -3.41. The molecule has 2 heterocycles. The van der Waals surface area contributed by atoms with E-state index >= 15 is 0 Å². The topological polar surface area (TPSA) is 72.2 Å². The smallest absolute Gasteiger partial charge is 0.261 e. The van der Waals surface area contributed by atoms with Crippen molar-refractivity contribution < 1.29 is 26.7 Å². The molecule has 0 aliphatic carbocycles. The number of halogens is 5. The molecule has 0 spiro atoms. The Morgan fingerprint density at radius 3 is 2.39 bits per heavy atom. The molecule has 0 saturated carbocycles. The quantitative estimate of drug-likeness (QED) is 0.269. The highest BCUT2D eigenvalue weighted by Crippen LogP contribution is 2.29. The lowest BCUT2D eigenvalue weighted by atomic mass is 10.1. The van der Waals surface area contributed by atoms with Crippen LogP contribution in [0.2, 0.25) is 0 Å². The predicted molar refractivity (Wildman–Crippen MR) is 102 cm³/mol. The van der Waals surface area contributed by atoms with Crippen molar-refractivity contribution in [1.82, 2.24) is 19.8 Å². The van der Waals surface area contributed by atoms with E-state index in [1.807, 2.05) is 6.92 Å². The van der Waals surface area contributed by atoms with Gasteiger partial charge in [0, 0.05) is 17.7 Å². The molecule has 0 saturated heterocycles. The SMILES string of the molecule is CCCc1nnc2sc(-c3cccc(NC(=O)c4c(F)c(F)c(F)c(F)c4F)c3)nn12. The zero-order valence-electron chi connectivity index (χ0n) is 15.7. The third-order valence-electron chi connectivity index (χ3n) is 4.33. The van der Waals surface area contributed by atoms with E-state index in [1.165, 1.54) is 23.5 Å². The van der Waals surface area contributed by atoms with Crippen LogP contribution in [0.15, 0.2) is 24.3 Å². The first-order valence-corrected chi connectivity index (χ1v) is 9.77. The van der Waals surface area contributed by atoms with Gasteiger partial charge in [0.15, 0.2) is 29.1 Å². The summed E-state index contributed by atoms with van der Waals surface area (Å²) in [4.78, 5) is 12.8. The van der Waals surface area contributed by atoms with Crippen molar-refractivity contribution in [1.29, 1.82) is 0 Å². The van der Waals surface area contributed by atoms with Crippen molar-refractivity contribution in [2.45, 2.75) is 19.8 Å². The van der Waals surface area contributed by atoms with E-state index in [0.717, 1.165) is 6.42 Å². The van der Waals surface area contributed by atoms with E-state index in [0.29, 0.717) is 27.8 Å². The number of carbonyl (C=O) groups excluding carboxylic acids is 1. The summed E-state index contributed by atoms with van der Waals surface area (Å²) in [6.45, 7) is 1.99. The zero-order valence-corrected chi connectivity index (χ0v) is 16.5. The minimum absolute atomic E-state index is 0.0752. The second-order valence-corrected chi connectivity index (χ2v) is 7.40. The molecule has 0 aliphatic heterocycles. The number of hydrogen-bond acceptors (Lipinski definition) is 5. The van der Waals surface area contributed by atoms with Gasteiger partial charge in [0.2, 0.25) is 10.8 Å². The van der Waals surface area contributed by atoms with E-state index in [1.54, 1.807) is 16.6 Å². The molecule has 0 fully saturated rings. The van der Waals surface area contributed by atoms with Crippen LogP contribution in [-0.4, -0.2) is 25.7 Å². The molecule has 0 aliphatic rings. The van der Waals surface area contributed by atoms with E-state index in [9.17, 15) is 26.7 Å². The van der Waals surface area contributed by atoms with E-state index in [4.69, 9.17) is 0 Å². The first-order chi connectivity index (χ1) is 14.8. The van der Waals surface area contributed by atoms with Crippen LogP contribution in [0.5, 0.6) is 0 Å². The molecule has 6 nitrogen and oxygen atoms in total. The summed E-state index contributed by atoms with van der Waals surface area (Å²) >= 11 is 1.24. The van der Waals surface area contributed by atoms with Gasteiger partial charge in [0.25, 0.3) is 5.91 Å². The number of anilines is 1. The third-order valence-corrected chi connectivity index (χ3v) is 5.28. The molecular formula is C19H12F5N5OS. The molecular weight excluding hydrogens is 441 g/mol. The van der Waals surface area contributed by atoms with Crippen LogP contribution in [0.25, 0.3) is 15.5 Å². The number of fused-ring (bicyclic) bond motifs is 1. The molecule has 0 unspecified atom stereocenters. The molecule has 2 aromatic carbocycles. The van der Waals surface area contributed by atoms with Crippen LogP contribution in [0, 0.1) is 29.1 Å². The fourth-order valence-corrected chi connectivity index (χ4v) is 3.74. The lowest BCUT2D eigenvalue weighted by molar-refractivity contribution is 0.101. The fourth-order valence-electron chi connectivity index (χ4n) is 2.88. The van der Waals surface area contributed by atoms with Gasteiger partial charge in [-0.2, -0.15) is 9.61 Å². The van der Waals surface area contributed by atoms with Crippen LogP contribution in [0.4, 0.5) is 27.6 Å². The molecule has 1 N–H and O–H groups in total. The van der Waals surface area contributed by atoms with Gasteiger partial charge in [0.1, 0.15) is 10.6 Å². The molecule has 12 heteroatoms. The van der Waals surface area contributed by atoms with Gasteiger partial charge in [-0.1, -0.05) is 30.4 Å². The Labute approximate surface area is 175 Å². The Morgan fingerprint density at radius 1 is 1.03 bits per heavy atom. The van der Waals surface area contributed by atoms with Crippen LogP contribution in [0.3, 0.4) is 0 Å². The molecule has 31 heavy (non-hydrogen) atoms. The normalized spacial score (nSPS) is 11.3. The maximum Gasteiger partial charge on any atom is 0.261 e. The first kappa shape index (κ1) is 20.8. The number of nitrogens with one attached hydrogen (secondary N) is 1. The Bertz CT molecular complexity index is 1290. The number of hydrogen-bond donors (Lipinski definition) is 1. The van der Waals surface area contributed by atoms with Crippen molar-refractivity contribution in [2.75, 3.05) is 5.32 Å². The maximum atomic E-state index is 13.9. The van der Waals surface area contributed by atoms with Gasteiger partial charge in [0.05, 0.1) is 0 Å². The lowest BCUT2D eigenvalue weighted by Gasteiger charge is -2.09. The summed E-state index contributed by atoms with van der Waals surface area (Å²) in [5.41, 5.74) is -0.941. The maximum absolute atomic E-state index is 13.9. The Balaban J connectivity index is 1.65. The number of aryl methyl sites for hydroxylation is 1. The van der Waals surface area contributed by atoms with Gasteiger partial charge in [-0.05, 0) is 18.6 Å². The molecule has 0 radical (unpaired) electrons. The van der Waals surface area contributed by atoms with Crippen LogP contribution >= 0.6 is 11.3 Å². The number of nitrogens with zero attached hydrogens (tertiary/aromatic N) is 4. The van der Waals surface area contributed by atoms with Crippen LogP contribution < -0.4 is 5.32 Å². The van der Waals surface area contributed by atoms with Gasteiger partial charge in [-0.3, -0.25) is 4.79 Å². The summed E-state index contributed by atoms with van der Waals surface area (Å²) in [5.74, 6) is -11.9. The summed E-state index contributed by atoms with van der Waals surface area (Å²) in [7, 11) is 0. The number of amides is 1. The molecule has 2 aromatic heterocycles. The average Bonchev–Trinajstić information content (AvgIpc) is 3.33. The van der Waals surface area contributed by atoms with Crippen molar-refractivity contribution in [3.05, 3.63) is 64.7 Å². The molecule has 0 atom stereocenters. The van der Waals surface area contributed by atoms with Crippen molar-refractivity contribution >= 4 is 27.9 Å². The standard InChI is InChI=1S/C19H12F5N5OS/c1-2-4-10-26-27-19-29(10)28-18(31-19)8-5-3-6-9(7-8)25-17(30)11-12(20)14(22)16(24)15(23)13(11)21/h3,5-7H,2,4H2,1H3,(H,25,30). The summed E-state index contributed by atoms with van der Waals surface area (Å²) < 4.78 is 69.3. The average molecular weight is 453 g/mol. The second kappa shape index (κ2) is 8.02. The zero-order chi connectivity index (χ0) is 22.3. The fraction of sp³-hybridized carbons (Fsp3) is 0.158. The number of carbonyl (C=O) groups is 1. The second-order valence-electron chi connectivity index (χ2n) is 6.45. The van der Waals surface area contributed by atoms with Gasteiger partial charge >= 0.3 is 0 Å². The minimum Gasteiger partial charge on any atom is -0.322 e. The number of rotatable bonds is 5. The van der Waals surface area contributed by atoms with Gasteiger partial charge in [-0.15, -0.1) is 10.2 Å². The van der Waals surface area contributed by atoms with E-state index < -0.39 is 40.6 Å². The monoisotopic (exact) mass is 453 g/mol. The molecule has 1 amide bonds. The largest absolute Gasteiger partial charge is 0.322 e. The van der Waals surface area contributed by atoms with Gasteiger partial charge < -0.3 is 5.32 Å². The van der Waals surface area contributed by atoms with Crippen molar-refractivity contribution in [3.8, 4) is 10.6 Å². The van der Waals surface area contributed by atoms with Crippen molar-refractivity contribution in [2.24, 2.45) is 0 Å².